The Morgan fingerprint density at radius 1 is 1.29 bits per heavy atom. The van der Waals surface area contributed by atoms with Crippen LogP contribution in [0.25, 0.3) is 0 Å². The largest absolute Gasteiger partial charge is 0.397 e. The predicted molar refractivity (Wildman–Crippen MR) is 76.1 cm³/mol. The van der Waals surface area contributed by atoms with Crippen LogP contribution in [0, 0.1) is 0 Å². The Morgan fingerprint density at radius 2 is 1.88 bits per heavy atom. The molecular weight excluding hydrogens is 280 g/mol. The van der Waals surface area contributed by atoms with Gasteiger partial charge in [0.05, 0.1) is 5.60 Å². The highest BCUT2D eigenvalue weighted by molar-refractivity contribution is 9.10. The molecule has 0 aromatic heterocycles. The van der Waals surface area contributed by atoms with Crippen LogP contribution in [0.4, 0.5) is 0 Å². The van der Waals surface area contributed by atoms with Gasteiger partial charge in [-0.3, -0.25) is 0 Å². The van der Waals surface area contributed by atoms with Gasteiger partial charge in [-0.25, -0.2) is 0 Å². The summed E-state index contributed by atoms with van der Waals surface area (Å²) in [6, 6.07) is 8.32. The van der Waals surface area contributed by atoms with Crippen molar-refractivity contribution in [2.45, 2.75) is 45.6 Å². The van der Waals surface area contributed by atoms with Crippen LogP contribution in [0.15, 0.2) is 28.7 Å². The Balaban J connectivity index is 0.000000770. The van der Waals surface area contributed by atoms with Gasteiger partial charge in [-0.1, -0.05) is 28.1 Å². The van der Waals surface area contributed by atoms with E-state index < -0.39 is 5.60 Å². The number of aliphatic hydroxyl groups is 2. The van der Waals surface area contributed by atoms with E-state index in [9.17, 15) is 5.11 Å². The van der Waals surface area contributed by atoms with E-state index in [1.165, 1.54) is 5.56 Å². The van der Waals surface area contributed by atoms with Gasteiger partial charge >= 0.3 is 0 Å². The highest BCUT2D eigenvalue weighted by atomic mass is 79.9. The lowest BCUT2D eigenvalue weighted by Crippen LogP contribution is -2.18. The Hall–Kier alpha value is -0.380. The highest BCUT2D eigenvalue weighted by Crippen LogP contribution is 2.16. The number of aryl methyl sites for hydroxylation is 1. The molecule has 0 aliphatic heterocycles. The lowest BCUT2D eigenvalue weighted by Gasteiger charge is -2.16. The monoisotopic (exact) mass is 302 g/mol. The fourth-order valence-electron chi connectivity index (χ4n) is 1.42. The molecule has 0 heterocycles. The molecule has 1 aromatic rings. The van der Waals surface area contributed by atoms with E-state index in [1.54, 1.807) is 6.92 Å². The van der Waals surface area contributed by atoms with Gasteiger partial charge in [0.2, 0.25) is 0 Å². The second kappa shape index (κ2) is 8.67. The average Bonchev–Trinajstić information content (AvgIpc) is 2.16. The van der Waals surface area contributed by atoms with Gasteiger partial charge in [-0.05, 0) is 57.7 Å². The fourth-order valence-corrected chi connectivity index (χ4v) is 1.86. The maximum Gasteiger partial charge on any atom is 0.0591 e. The molecule has 98 valence electrons. The Labute approximate surface area is 113 Å². The topological polar surface area (TPSA) is 40.5 Å². The number of aliphatic hydroxyl groups excluding tert-OH is 1. The third kappa shape index (κ3) is 10.5. The highest BCUT2D eigenvalue weighted by Gasteiger charge is 2.11. The van der Waals surface area contributed by atoms with E-state index in [-0.39, 0.29) is 6.61 Å². The second-order valence-corrected chi connectivity index (χ2v) is 5.53. The third-order valence-electron chi connectivity index (χ3n) is 2.14. The van der Waals surface area contributed by atoms with Crippen LogP contribution in [0.2, 0.25) is 0 Å². The summed E-state index contributed by atoms with van der Waals surface area (Å²) in [5.74, 6) is 0. The van der Waals surface area contributed by atoms with Crippen LogP contribution in [0.3, 0.4) is 0 Å². The van der Waals surface area contributed by atoms with Gasteiger partial charge < -0.3 is 10.2 Å². The van der Waals surface area contributed by atoms with Crippen LogP contribution in [0.1, 0.15) is 39.2 Å². The van der Waals surface area contributed by atoms with E-state index in [4.69, 9.17) is 5.11 Å². The van der Waals surface area contributed by atoms with Gasteiger partial charge in [0, 0.05) is 11.1 Å². The summed E-state index contributed by atoms with van der Waals surface area (Å²) in [7, 11) is 0. The van der Waals surface area contributed by atoms with Gasteiger partial charge in [0.15, 0.2) is 0 Å². The van der Waals surface area contributed by atoms with E-state index in [0.29, 0.717) is 0 Å². The summed E-state index contributed by atoms with van der Waals surface area (Å²) in [5.41, 5.74) is 0.787. The summed E-state index contributed by atoms with van der Waals surface area (Å²) in [6.07, 6.45) is 2.91. The zero-order valence-electron chi connectivity index (χ0n) is 10.9. The molecule has 2 nitrogen and oxygen atoms in total. The van der Waals surface area contributed by atoms with Crippen molar-refractivity contribution < 1.29 is 10.2 Å². The first-order valence-corrected chi connectivity index (χ1v) is 6.76. The van der Waals surface area contributed by atoms with Crippen LogP contribution in [-0.2, 0) is 6.42 Å². The summed E-state index contributed by atoms with van der Waals surface area (Å²) in [5, 5.41) is 17.1. The zero-order chi connectivity index (χ0) is 13.3. The fraction of sp³-hybridized carbons (Fsp3) is 0.571. The van der Waals surface area contributed by atoms with Gasteiger partial charge in [0.25, 0.3) is 0 Å². The Morgan fingerprint density at radius 3 is 2.35 bits per heavy atom. The van der Waals surface area contributed by atoms with Crippen LogP contribution < -0.4 is 0 Å². The molecule has 2 N–H and O–H groups in total. The first-order chi connectivity index (χ1) is 7.89. The molecule has 0 aliphatic carbocycles. The number of hydrogen-bond donors (Lipinski definition) is 2. The van der Waals surface area contributed by atoms with Crippen LogP contribution in [-0.4, -0.2) is 22.4 Å². The Bertz CT molecular complexity index is 305. The Kier molecular flexibility index (Phi) is 8.48. The normalized spacial score (nSPS) is 10.7. The minimum absolute atomic E-state index is 0.250. The molecule has 17 heavy (non-hydrogen) atoms. The van der Waals surface area contributed by atoms with E-state index >= 15 is 0 Å². The molecule has 3 heteroatoms. The van der Waals surface area contributed by atoms with Crippen molar-refractivity contribution in [3.05, 3.63) is 34.3 Å². The van der Waals surface area contributed by atoms with E-state index in [1.807, 2.05) is 26.0 Å². The van der Waals surface area contributed by atoms with Gasteiger partial charge in [-0.15, -0.1) is 0 Å². The molecule has 0 atom stereocenters. The number of halogens is 1. The minimum Gasteiger partial charge on any atom is -0.397 e. The standard InChI is InChI=1S/C12H17BrO.C2H6O/c1-12(2,14)8-4-6-10-5-3-7-11(13)9-10;1-2-3/h3,5,7,9,14H,4,6,8H2,1-2H3;3H,2H2,1H3. The van der Waals surface area contributed by atoms with Crippen molar-refractivity contribution in [2.24, 2.45) is 0 Å². The quantitative estimate of drug-likeness (QED) is 0.893. The number of rotatable bonds is 4. The number of hydrogen-bond acceptors (Lipinski definition) is 2. The lowest BCUT2D eigenvalue weighted by molar-refractivity contribution is 0.0689. The maximum absolute atomic E-state index is 9.54. The summed E-state index contributed by atoms with van der Waals surface area (Å²) < 4.78 is 1.12. The molecule has 0 saturated carbocycles. The molecule has 0 radical (unpaired) electrons. The van der Waals surface area contributed by atoms with Crippen LogP contribution in [0.5, 0.6) is 0 Å². The zero-order valence-corrected chi connectivity index (χ0v) is 12.5. The maximum atomic E-state index is 9.54. The molecular formula is C14H23BrO2. The minimum atomic E-state index is -0.536. The lowest BCUT2D eigenvalue weighted by atomic mass is 9.99. The van der Waals surface area contributed by atoms with Gasteiger partial charge in [0.1, 0.15) is 0 Å². The van der Waals surface area contributed by atoms with Crippen LogP contribution >= 0.6 is 15.9 Å². The summed E-state index contributed by atoms with van der Waals surface area (Å²) >= 11 is 3.44. The molecule has 0 amide bonds. The molecule has 0 saturated heterocycles. The summed E-state index contributed by atoms with van der Waals surface area (Å²) in [6.45, 7) is 5.64. The third-order valence-corrected chi connectivity index (χ3v) is 2.64. The molecule has 0 fully saturated rings. The van der Waals surface area contributed by atoms with Crippen molar-refractivity contribution in [1.82, 2.24) is 0 Å². The van der Waals surface area contributed by atoms with Crippen molar-refractivity contribution >= 4 is 15.9 Å². The van der Waals surface area contributed by atoms with E-state index in [0.717, 1.165) is 23.7 Å². The van der Waals surface area contributed by atoms with Crippen molar-refractivity contribution in [1.29, 1.82) is 0 Å². The predicted octanol–water partition coefficient (Wildman–Crippen LogP) is 3.54. The molecule has 0 aliphatic rings. The average molecular weight is 303 g/mol. The molecule has 0 spiro atoms. The molecule has 1 aromatic carbocycles. The molecule has 0 bridgehead atoms. The SMILES string of the molecule is CC(C)(O)CCCc1cccc(Br)c1.CCO. The number of benzene rings is 1. The van der Waals surface area contributed by atoms with Crippen molar-refractivity contribution in [3.8, 4) is 0 Å². The first-order valence-electron chi connectivity index (χ1n) is 5.96. The van der Waals surface area contributed by atoms with E-state index in [2.05, 4.69) is 28.1 Å². The van der Waals surface area contributed by atoms with Crippen molar-refractivity contribution in [3.63, 3.8) is 0 Å². The first kappa shape index (κ1) is 16.6. The van der Waals surface area contributed by atoms with Crippen molar-refractivity contribution in [2.75, 3.05) is 6.61 Å². The molecule has 0 unspecified atom stereocenters. The summed E-state index contributed by atoms with van der Waals surface area (Å²) in [4.78, 5) is 0. The smallest absolute Gasteiger partial charge is 0.0591 e. The second-order valence-electron chi connectivity index (χ2n) is 4.61. The van der Waals surface area contributed by atoms with Gasteiger partial charge in [-0.2, -0.15) is 0 Å². The molecule has 1 rings (SSSR count).